The molecule has 14 heavy (non-hydrogen) atoms. The highest BCUT2D eigenvalue weighted by Crippen LogP contribution is 2.07. The molecule has 0 heterocycles. The Labute approximate surface area is 89.8 Å². The summed E-state index contributed by atoms with van der Waals surface area (Å²) >= 11 is 0. The van der Waals surface area contributed by atoms with E-state index >= 15 is 0 Å². The molecule has 3 atom stereocenters. The van der Waals surface area contributed by atoms with Gasteiger partial charge < -0.3 is 0 Å². The van der Waals surface area contributed by atoms with Crippen LogP contribution in [-0.2, 0) is 0 Å². The number of nitrogens with zero attached hydrogens (tertiary/aromatic N) is 1. The molecule has 1 N–H and O–H groups in total. The lowest BCUT2D eigenvalue weighted by Crippen LogP contribution is -2.41. The zero-order chi connectivity index (χ0) is 11.1. The Balaban J connectivity index is 3.60. The first-order valence-corrected chi connectivity index (χ1v) is 5.92. The summed E-state index contributed by atoms with van der Waals surface area (Å²) in [6, 6.07) is 0.927. The third kappa shape index (κ3) is 6.39. The Hall–Kier alpha value is -0.0800. The Bertz CT molecular complexity index is 134. The highest BCUT2D eigenvalue weighted by Gasteiger charge is 2.12. The molecule has 0 saturated carbocycles. The molecule has 2 nitrogen and oxygen atoms in total. The summed E-state index contributed by atoms with van der Waals surface area (Å²) in [5.41, 5.74) is 7.75. The van der Waals surface area contributed by atoms with Crippen LogP contribution in [0.2, 0.25) is 0 Å². The van der Waals surface area contributed by atoms with E-state index in [9.17, 15) is 0 Å². The van der Waals surface area contributed by atoms with Crippen molar-refractivity contribution in [2.45, 2.75) is 66.5 Å². The molecule has 0 aromatic heterocycles. The van der Waals surface area contributed by atoms with Gasteiger partial charge in [0, 0.05) is 12.1 Å². The molecule has 0 amide bonds. The van der Waals surface area contributed by atoms with E-state index in [-0.39, 0.29) is 0 Å². The molecule has 0 aliphatic heterocycles. The summed E-state index contributed by atoms with van der Waals surface area (Å²) in [6.45, 7) is 13.4. The monoisotopic (exact) mass is 199 g/mol. The highest BCUT2D eigenvalue weighted by atomic mass is 15.4. The molecule has 85 valence electrons. The Morgan fingerprint density at radius 3 is 2.07 bits per heavy atom. The first kappa shape index (κ1) is 13.9. The predicted octanol–water partition coefficient (Wildman–Crippen LogP) is 2.96. The van der Waals surface area contributed by atoms with Gasteiger partial charge >= 0.3 is 0 Å². The quantitative estimate of drug-likeness (QED) is 0.627. The summed E-state index contributed by atoms with van der Waals surface area (Å²) in [5, 5.41) is 0. The predicted molar refractivity (Wildman–Crippen MR) is 63.1 cm³/mol. The van der Waals surface area contributed by atoms with Crippen molar-refractivity contribution >= 4 is 0 Å². The van der Waals surface area contributed by atoms with E-state index in [4.69, 9.17) is 0 Å². The summed E-state index contributed by atoms with van der Waals surface area (Å²) in [6.07, 6.45) is 2.38. The fraction of sp³-hybridized carbons (Fsp3) is 1.00. The topological polar surface area (TPSA) is 26.1 Å². The second kappa shape index (κ2) is 7.24. The van der Waals surface area contributed by atoms with Crippen molar-refractivity contribution in [2.75, 3.05) is 0 Å². The van der Waals surface area contributed by atoms with Gasteiger partial charge in [0.15, 0.2) is 0 Å². The van der Waals surface area contributed by atoms with Crippen molar-refractivity contribution in [3.8, 4) is 0 Å². The lowest BCUT2D eigenvalue weighted by molar-refractivity contribution is 0.297. The SMILES string of the molecule is CCC(C)C(C)N[N]C(C)CC(C)C. The van der Waals surface area contributed by atoms with Gasteiger partial charge in [-0.05, 0) is 32.1 Å². The van der Waals surface area contributed by atoms with Crippen LogP contribution in [0.1, 0.15) is 54.4 Å². The van der Waals surface area contributed by atoms with Crippen molar-refractivity contribution in [1.82, 2.24) is 10.9 Å². The molecule has 0 fully saturated rings. The molecule has 0 aliphatic rings. The Morgan fingerprint density at radius 1 is 1.07 bits per heavy atom. The normalized spacial score (nSPS) is 18.2. The second-order valence-corrected chi connectivity index (χ2v) is 4.91. The maximum Gasteiger partial charge on any atom is 0.0390 e. The van der Waals surface area contributed by atoms with Crippen LogP contribution in [0.25, 0.3) is 0 Å². The van der Waals surface area contributed by atoms with Crippen molar-refractivity contribution in [3.05, 3.63) is 0 Å². The summed E-state index contributed by atoms with van der Waals surface area (Å²) < 4.78 is 0. The highest BCUT2D eigenvalue weighted by molar-refractivity contribution is 4.67. The van der Waals surface area contributed by atoms with E-state index in [2.05, 4.69) is 52.4 Å². The van der Waals surface area contributed by atoms with Gasteiger partial charge in [0.05, 0.1) is 0 Å². The standard InChI is InChI=1S/C12H27N2/c1-7-10(4)12(6)14-13-11(5)8-9(2)3/h9-12,14H,7-8H2,1-6H3. The smallest absolute Gasteiger partial charge is 0.0390 e. The molecular formula is C12H27N2. The van der Waals surface area contributed by atoms with Crippen LogP contribution >= 0.6 is 0 Å². The van der Waals surface area contributed by atoms with E-state index in [1.165, 1.54) is 12.8 Å². The van der Waals surface area contributed by atoms with Crippen LogP contribution in [0, 0.1) is 11.8 Å². The van der Waals surface area contributed by atoms with E-state index in [1.54, 1.807) is 0 Å². The van der Waals surface area contributed by atoms with Gasteiger partial charge in [0.25, 0.3) is 0 Å². The minimum Gasteiger partial charge on any atom is -0.237 e. The van der Waals surface area contributed by atoms with Crippen LogP contribution in [-0.4, -0.2) is 12.1 Å². The molecule has 3 unspecified atom stereocenters. The molecular weight excluding hydrogens is 172 g/mol. The largest absolute Gasteiger partial charge is 0.237 e. The maximum absolute atomic E-state index is 4.48. The number of nitrogens with one attached hydrogen (secondary N) is 1. The molecule has 2 heteroatoms. The van der Waals surface area contributed by atoms with E-state index in [0.29, 0.717) is 18.0 Å². The van der Waals surface area contributed by atoms with Crippen LogP contribution in [0.15, 0.2) is 0 Å². The lowest BCUT2D eigenvalue weighted by atomic mass is 10.0. The summed E-state index contributed by atoms with van der Waals surface area (Å²) in [4.78, 5) is 0. The molecule has 0 saturated heterocycles. The Kier molecular flexibility index (Phi) is 7.20. The van der Waals surface area contributed by atoms with Crippen molar-refractivity contribution in [3.63, 3.8) is 0 Å². The number of rotatable bonds is 7. The third-order valence-electron chi connectivity index (χ3n) is 2.81. The second-order valence-electron chi connectivity index (χ2n) is 4.91. The van der Waals surface area contributed by atoms with Crippen molar-refractivity contribution in [1.29, 1.82) is 0 Å². The van der Waals surface area contributed by atoms with Gasteiger partial charge in [-0.1, -0.05) is 34.1 Å². The van der Waals surface area contributed by atoms with E-state index in [0.717, 1.165) is 5.92 Å². The molecule has 0 aliphatic carbocycles. The van der Waals surface area contributed by atoms with Crippen LogP contribution in [0.5, 0.6) is 0 Å². The number of hydrogen-bond acceptors (Lipinski definition) is 1. The first-order chi connectivity index (χ1) is 6.47. The van der Waals surface area contributed by atoms with Crippen LogP contribution < -0.4 is 10.9 Å². The van der Waals surface area contributed by atoms with Crippen molar-refractivity contribution < 1.29 is 0 Å². The molecule has 0 spiro atoms. The zero-order valence-electron chi connectivity index (χ0n) is 10.7. The van der Waals surface area contributed by atoms with Gasteiger partial charge in [0.1, 0.15) is 0 Å². The fourth-order valence-corrected chi connectivity index (χ4v) is 1.46. The fourth-order valence-electron chi connectivity index (χ4n) is 1.46. The lowest BCUT2D eigenvalue weighted by Gasteiger charge is -2.22. The minimum atomic E-state index is 0.432. The molecule has 0 aromatic rings. The molecule has 0 bridgehead atoms. The molecule has 1 radical (unpaired) electrons. The third-order valence-corrected chi connectivity index (χ3v) is 2.81. The van der Waals surface area contributed by atoms with Gasteiger partial charge in [-0.3, -0.25) is 0 Å². The maximum atomic E-state index is 4.48. The van der Waals surface area contributed by atoms with Gasteiger partial charge in [-0.15, -0.1) is 0 Å². The van der Waals surface area contributed by atoms with E-state index in [1.807, 2.05) is 0 Å². The average Bonchev–Trinajstić information content (AvgIpc) is 2.11. The molecule has 0 rings (SSSR count). The summed E-state index contributed by atoms with van der Waals surface area (Å²) in [5.74, 6) is 1.43. The van der Waals surface area contributed by atoms with Gasteiger partial charge in [0.2, 0.25) is 0 Å². The van der Waals surface area contributed by atoms with Gasteiger partial charge in [-0.25, -0.2) is 5.43 Å². The molecule has 0 aromatic carbocycles. The van der Waals surface area contributed by atoms with Crippen molar-refractivity contribution in [2.24, 2.45) is 11.8 Å². The average molecular weight is 199 g/mol. The van der Waals surface area contributed by atoms with Gasteiger partial charge in [-0.2, -0.15) is 5.43 Å². The van der Waals surface area contributed by atoms with E-state index < -0.39 is 0 Å². The first-order valence-electron chi connectivity index (χ1n) is 5.92. The summed E-state index contributed by atoms with van der Waals surface area (Å²) in [7, 11) is 0. The number of hydrogen-bond donors (Lipinski definition) is 1. The minimum absolute atomic E-state index is 0.432. The zero-order valence-corrected chi connectivity index (χ0v) is 10.7. The van der Waals surface area contributed by atoms with Crippen LogP contribution in [0.3, 0.4) is 0 Å². The van der Waals surface area contributed by atoms with Crippen LogP contribution in [0.4, 0.5) is 0 Å². The Morgan fingerprint density at radius 2 is 1.64 bits per heavy atom.